The van der Waals surface area contributed by atoms with Gasteiger partial charge in [-0.05, 0) is 37.2 Å². The van der Waals surface area contributed by atoms with E-state index in [1.165, 1.54) is 0 Å². The van der Waals surface area contributed by atoms with Crippen LogP contribution in [0.15, 0.2) is 17.2 Å². The SMILES string of the molecule is COc1cc(C=NNC(=S)NC[C@@H]2CCCO2)cc(OC)c1OC. The smallest absolute Gasteiger partial charge is 0.203 e. The third-order valence-electron chi connectivity index (χ3n) is 3.58. The second-order valence-corrected chi connectivity index (χ2v) is 5.58. The Bertz CT molecular complexity index is 564. The van der Waals surface area contributed by atoms with Gasteiger partial charge >= 0.3 is 0 Å². The fourth-order valence-electron chi connectivity index (χ4n) is 2.39. The Morgan fingerprint density at radius 2 is 2.00 bits per heavy atom. The van der Waals surface area contributed by atoms with Crippen molar-refractivity contribution in [2.45, 2.75) is 18.9 Å². The second kappa shape index (κ2) is 9.29. The van der Waals surface area contributed by atoms with Crippen LogP contribution in [0.3, 0.4) is 0 Å². The molecule has 132 valence electrons. The van der Waals surface area contributed by atoms with Crippen LogP contribution in [0.2, 0.25) is 0 Å². The van der Waals surface area contributed by atoms with Crippen molar-refractivity contribution in [3.05, 3.63) is 17.7 Å². The number of thiocarbonyl (C=S) groups is 1. The molecule has 1 aromatic carbocycles. The van der Waals surface area contributed by atoms with Crippen LogP contribution in [0.25, 0.3) is 0 Å². The lowest BCUT2D eigenvalue weighted by Gasteiger charge is -2.13. The molecule has 1 atom stereocenters. The first kappa shape index (κ1) is 18.3. The summed E-state index contributed by atoms with van der Waals surface area (Å²) in [7, 11) is 4.70. The molecular formula is C16H23N3O4S. The van der Waals surface area contributed by atoms with Crippen molar-refractivity contribution in [2.75, 3.05) is 34.5 Å². The van der Waals surface area contributed by atoms with Crippen molar-refractivity contribution in [3.63, 3.8) is 0 Å². The van der Waals surface area contributed by atoms with Gasteiger partial charge in [0.1, 0.15) is 0 Å². The zero-order chi connectivity index (χ0) is 17.4. The van der Waals surface area contributed by atoms with Crippen molar-refractivity contribution in [1.29, 1.82) is 0 Å². The molecule has 7 nitrogen and oxygen atoms in total. The zero-order valence-corrected chi connectivity index (χ0v) is 14.9. The molecule has 0 radical (unpaired) electrons. The van der Waals surface area contributed by atoms with Gasteiger partial charge in [0, 0.05) is 18.7 Å². The molecule has 0 amide bonds. The molecule has 0 saturated carbocycles. The Morgan fingerprint density at radius 1 is 1.29 bits per heavy atom. The fraction of sp³-hybridized carbons (Fsp3) is 0.500. The zero-order valence-electron chi connectivity index (χ0n) is 14.1. The van der Waals surface area contributed by atoms with Crippen molar-refractivity contribution in [1.82, 2.24) is 10.7 Å². The maximum absolute atomic E-state index is 5.52. The Balaban J connectivity index is 1.91. The first-order valence-corrected chi connectivity index (χ1v) is 8.07. The Hall–Kier alpha value is -2.06. The van der Waals surface area contributed by atoms with Gasteiger partial charge in [-0.15, -0.1) is 0 Å². The summed E-state index contributed by atoms with van der Waals surface area (Å²) >= 11 is 5.18. The van der Waals surface area contributed by atoms with Gasteiger partial charge in [-0.3, -0.25) is 5.43 Å². The molecule has 0 spiro atoms. The Labute approximate surface area is 147 Å². The summed E-state index contributed by atoms with van der Waals surface area (Å²) in [5.74, 6) is 1.67. The molecule has 8 heteroatoms. The highest BCUT2D eigenvalue weighted by Crippen LogP contribution is 2.37. The lowest BCUT2D eigenvalue weighted by molar-refractivity contribution is 0.114. The summed E-state index contributed by atoms with van der Waals surface area (Å²) < 4.78 is 21.4. The largest absolute Gasteiger partial charge is 0.493 e. The number of hydrazone groups is 1. The van der Waals surface area contributed by atoms with Gasteiger partial charge in [-0.2, -0.15) is 5.10 Å². The van der Waals surface area contributed by atoms with E-state index in [4.69, 9.17) is 31.2 Å². The van der Waals surface area contributed by atoms with Gasteiger partial charge in [0.05, 0.1) is 33.6 Å². The molecule has 1 fully saturated rings. The molecule has 1 saturated heterocycles. The van der Waals surface area contributed by atoms with Crippen LogP contribution < -0.4 is 25.0 Å². The van der Waals surface area contributed by atoms with Crippen molar-refractivity contribution >= 4 is 23.5 Å². The van der Waals surface area contributed by atoms with E-state index in [-0.39, 0.29) is 6.10 Å². The predicted molar refractivity (Wildman–Crippen MR) is 96.4 cm³/mol. The first-order chi connectivity index (χ1) is 11.7. The first-order valence-electron chi connectivity index (χ1n) is 7.66. The molecule has 1 aromatic rings. The number of rotatable bonds is 7. The topological polar surface area (TPSA) is 73.3 Å². The fourth-order valence-corrected chi connectivity index (χ4v) is 2.53. The van der Waals surface area contributed by atoms with Crippen LogP contribution in [0.5, 0.6) is 17.2 Å². The van der Waals surface area contributed by atoms with Crippen LogP contribution in [0.1, 0.15) is 18.4 Å². The minimum absolute atomic E-state index is 0.226. The lowest BCUT2D eigenvalue weighted by atomic mass is 10.2. The van der Waals surface area contributed by atoms with E-state index >= 15 is 0 Å². The highest BCUT2D eigenvalue weighted by Gasteiger charge is 2.15. The second-order valence-electron chi connectivity index (χ2n) is 5.17. The molecule has 24 heavy (non-hydrogen) atoms. The van der Waals surface area contributed by atoms with E-state index in [9.17, 15) is 0 Å². The van der Waals surface area contributed by atoms with Crippen LogP contribution in [-0.2, 0) is 4.74 Å². The number of hydrogen-bond acceptors (Lipinski definition) is 6. The highest BCUT2D eigenvalue weighted by atomic mass is 32.1. The normalized spacial score (nSPS) is 16.9. The Kier molecular flexibility index (Phi) is 7.07. The van der Waals surface area contributed by atoms with E-state index < -0.39 is 0 Å². The van der Waals surface area contributed by atoms with Gasteiger partial charge in [0.2, 0.25) is 5.75 Å². The summed E-state index contributed by atoms with van der Waals surface area (Å²) in [5, 5.41) is 7.66. The molecule has 1 aliphatic rings. The summed E-state index contributed by atoms with van der Waals surface area (Å²) in [6.45, 7) is 1.51. The molecule has 0 aliphatic carbocycles. The van der Waals surface area contributed by atoms with Crippen molar-refractivity contribution in [2.24, 2.45) is 5.10 Å². The Morgan fingerprint density at radius 3 is 2.54 bits per heavy atom. The minimum Gasteiger partial charge on any atom is -0.493 e. The summed E-state index contributed by atoms with van der Waals surface area (Å²) in [4.78, 5) is 0. The van der Waals surface area contributed by atoms with Crippen LogP contribution in [0, 0.1) is 0 Å². The van der Waals surface area contributed by atoms with Crippen molar-refractivity contribution in [3.8, 4) is 17.2 Å². The summed E-state index contributed by atoms with van der Waals surface area (Å²) in [5.41, 5.74) is 3.57. The average molecular weight is 353 g/mol. The maximum Gasteiger partial charge on any atom is 0.203 e. The molecule has 2 rings (SSSR count). The maximum atomic E-state index is 5.52. The highest BCUT2D eigenvalue weighted by molar-refractivity contribution is 7.80. The van der Waals surface area contributed by atoms with E-state index in [0.717, 1.165) is 25.0 Å². The van der Waals surface area contributed by atoms with Crippen molar-refractivity contribution < 1.29 is 18.9 Å². The van der Waals surface area contributed by atoms with Gasteiger partial charge in [-0.1, -0.05) is 0 Å². The van der Waals surface area contributed by atoms with Gasteiger partial charge in [-0.25, -0.2) is 0 Å². The number of nitrogens with zero attached hydrogens (tertiary/aromatic N) is 1. The van der Waals surface area contributed by atoms with Gasteiger partial charge < -0.3 is 24.3 Å². The van der Waals surface area contributed by atoms with Gasteiger partial charge in [0.15, 0.2) is 16.6 Å². The molecule has 0 aromatic heterocycles. The standard InChI is InChI=1S/C16H23N3O4S/c1-20-13-7-11(8-14(21-2)15(13)22-3)9-18-19-16(24)17-10-12-5-4-6-23-12/h7-9,12H,4-6,10H2,1-3H3,(H2,17,19,24)/t12-/m0/s1. The van der Waals surface area contributed by atoms with E-state index in [0.29, 0.717) is 28.9 Å². The molecule has 2 N–H and O–H groups in total. The quantitative estimate of drug-likeness (QED) is 0.439. The summed E-state index contributed by atoms with van der Waals surface area (Å²) in [6, 6.07) is 3.60. The summed E-state index contributed by atoms with van der Waals surface area (Å²) in [6.07, 6.45) is 4.02. The third-order valence-corrected chi connectivity index (χ3v) is 3.82. The van der Waals surface area contributed by atoms with E-state index in [1.54, 1.807) is 39.7 Å². The van der Waals surface area contributed by atoms with Crippen LogP contribution >= 0.6 is 12.2 Å². The average Bonchev–Trinajstić information content (AvgIpc) is 3.12. The van der Waals surface area contributed by atoms with Gasteiger partial charge in [0.25, 0.3) is 0 Å². The number of methoxy groups -OCH3 is 3. The minimum atomic E-state index is 0.226. The number of benzene rings is 1. The number of nitrogens with one attached hydrogen (secondary N) is 2. The van der Waals surface area contributed by atoms with Crippen LogP contribution in [-0.4, -0.2) is 51.9 Å². The number of ether oxygens (including phenoxy) is 4. The molecule has 1 heterocycles. The lowest BCUT2D eigenvalue weighted by Crippen LogP contribution is -2.37. The van der Waals surface area contributed by atoms with E-state index in [1.807, 2.05) is 0 Å². The predicted octanol–water partition coefficient (Wildman–Crippen LogP) is 1.69. The molecule has 1 aliphatic heterocycles. The van der Waals surface area contributed by atoms with Crippen LogP contribution in [0.4, 0.5) is 0 Å². The van der Waals surface area contributed by atoms with E-state index in [2.05, 4.69) is 15.8 Å². The third kappa shape index (κ3) is 4.97. The monoisotopic (exact) mass is 353 g/mol. The number of hydrogen-bond donors (Lipinski definition) is 2. The molecule has 0 bridgehead atoms. The molecule has 0 unspecified atom stereocenters. The molecular weight excluding hydrogens is 330 g/mol.